The number of halogens is 1. The highest BCUT2D eigenvalue weighted by Crippen LogP contribution is 2.21. The van der Waals surface area contributed by atoms with Crippen LogP contribution in [0.2, 0.25) is 5.02 Å². The number of nitrogens with zero attached hydrogens (tertiary/aromatic N) is 1. The maximum absolute atomic E-state index is 6.12. The maximum atomic E-state index is 6.12. The lowest BCUT2D eigenvalue weighted by Crippen LogP contribution is -2.33. The van der Waals surface area contributed by atoms with Gasteiger partial charge >= 0.3 is 0 Å². The van der Waals surface area contributed by atoms with Crippen LogP contribution in [0.15, 0.2) is 24.3 Å². The lowest BCUT2D eigenvalue weighted by Gasteiger charge is -2.25. The first-order valence-corrected chi connectivity index (χ1v) is 8.39. The molecule has 0 spiro atoms. The second-order valence-corrected chi connectivity index (χ2v) is 6.23. The van der Waals surface area contributed by atoms with Gasteiger partial charge in [-0.15, -0.1) is 0 Å². The van der Waals surface area contributed by atoms with E-state index in [4.69, 9.17) is 16.3 Å². The fraction of sp³-hybridized carbons (Fsp3) is 0.647. The van der Waals surface area contributed by atoms with E-state index >= 15 is 0 Å². The molecule has 1 saturated heterocycles. The molecule has 2 unspecified atom stereocenters. The van der Waals surface area contributed by atoms with Crippen molar-refractivity contribution in [3.63, 3.8) is 0 Å². The zero-order valence-corrected chi connectivity index (χ0v) is 13.9. The Kier molecular flexibility index (Phi) is 6.97. The second-order valence-electron chi connectivity index (χ2n) is 5.79. The molecule has 3 nitrogen and oxygen atoms in total. The van der Waals surface area contributed by atoms with E-state index < -0.39 is 0 Å². The van der Waals surface area contributed by atoms with Crippen LogP contribution in [0.1, 0.15) is 38.3 Å². The molecule has 21 heavy (non-hydrogen) atoms. The van der Waals surface area contributed by atoms with Crippen molar-refractivity contribution in [2.75, 3.05) is 32.8 Å². The summed E-state index contributed by atoms with van der Waals surface area (Å²) in [5, 5.41) is 4.39. The van der Waals surface area contributed by atoms with E-state index in [-0.39, 0.29) is 0 Å². The maximum Gasteiger partial charge on any atom is 0.0673 e. The molecule has 0 aromatic heterocycles. The number of hydrogen-bond donors (Lipinski definition) is 1. The third-order valence-electron chi connectivity index (χ3n) is 3.97. The van der Waals surface area contributed by atoms with Crippen LogP contribution in [0.3, 0.4) is 0 Å². The van der Waals surface area contributed by atoms with E-state index in [1.807, 2.05) is 12.1 Å². The van der Waals surface area contributed by atoms with Gasteiger partial charge in [0, 0.05) is 37.3 Å². The van der Waals surface area contributed by atoms with Crippen molar-refractivity contribution in [3.8, 4) is 0 Å². The third-order valence-corrected chi connectivity index (χ3v) is 4.21. The fourth-order valence-corrected chi connectivity index (χ4v) is 3.15. The Labute approximate surface area is 133 Å². The standard InChI is InChI=1S/C17H27ClN2O/c1-3-19-17(15-6-4-7-16(18)12-15)8-10-20-9-5-11-21-14(2)13-20/h4,6-7,12,14,17,19H,3,5,8-11,13H2,1-2H3. The number of nitrogens with one attached hydrogen (secondary N) is 1. The summed E-state index contributed by atoms with van der Waals surface area (Å²) in [4.78, 5) is 2.52. The molecule has 1 N–H and O–H groups in total. The van der Waals surface area contributed by atoms with Gasteiger partial charge in [-0.05, 0) is 44.0 Å². The van der Waals surface area contributed by atoms with Crippen molar-refractivity contribution in [1.82, 2.24) is 10.2 Å². The summed E-state index contributed by atoms with van der Waals surface area (Å²) in [5.74, 6) is 0. The molecule has 0 amide bonds. The van der Waals surface area contributed by atoms with Crippen LogP contribution in [0.5, 0.6) is 0 Å². The second kappa shape index (κ2) is 8.74. The van der Waals surface area contributed by atoms with Gasteiger partial charge < -0.3 is 15.0 Å². The SMILES string of the molecule is CCNC(CCN1CCCOC(C)C1)c1cccc(Cl)c1. The van der Waals surface area contributed by atoms with Crippen molar-refractivity contribution in [1.29, 1.82) is 0 Å². The minimum Gasteiger partial charge on any atom is -0.377 e. The molecule has 2 rings (SSSR count). The minimum absolute atomic E-state index is 0.344. The van der Waals surface area contributed by atoms with Crippen LogP contribution in [-0.2, 0) is 4.74 Å². The minimum atomic E-state index is 0.344. The molecule has 0 saturated carbocycles. The Morgan fingerprint density at radius 2 is 2.33 bits per heavy atom. The van der Waals surface area contributed by atoms with Crippen molar-refractivity contribution >= 4 is 11.6 Å². The first-order valence-electron chi connectivity index (χ1n) is 8.02. The first-order chi connectivity index (χ1) is 10.2. The monoisotopic (exact) mass is 310 g/mol. The highest BCUT2D eigenvalue weighted by Gasteiger charge is 2.17. The lowest BCUT2D eigenvalue weighted by atomic mass is 10.0. The van der Waals surface area contributed by atoms with Gasteiger partial charge in [0.2, 0.25) is 0 Å². The molecule has 0 bridgehead atoms. The smallest absolute Gasteiger partial charge is 0.0673 e. The van der Waals surface area contributed by atoms with Gasteiger partial charge in [-0.1, -0.05) is 30.7 Å². The van der Waals surface area contributed by atoms with Gasteiger partial charge in [0.1, 0.15) is 0 Å². The van der Waals surface area contributed by atoms with Crippen LogP contribution in [-0.4, -0.2) is 43.8 Å². The van der Waals surface area contributed by atoms with Gasteiger partial charge in [0.05, 0.1) is 6.10 Å². The van der Waals surface area contributed by atoms with E-state index in [1.54, 1.807) is 0 Å². The van der Waals surface area contributed by atoms with Crippen LogP contribution in [0.25, 0.3) is 0 Å². The Morgan fingerprint density at radius 3 is 3.10 bits per heavy atom. The predicted octanol–water partition coefficient (Wildman–Crippen LogP) is 3.49. The normalized spacial score (nSPS) is 22.0. The highest BCUT2D eigenvalue weighted by molar-refractivity contribution is 6.30. The molecule has 0 radical (unpaired) electrons. The van der Waals surface area contributed by atoms with Crippen LogP contribution >= 0.6 is 11.6 Å². The lowest BCUT2D eigenvalue weighted by molar-refractivity contribution is 0.0672. The first kappa shape index (κ1) is 16.8. The molecular weight excluding hydrogens is 284 g/mol. The summed E-state index contributed by atoms with van der Waals surface area (Å²) >= 11 is 6.12. The van der Waals surface area contributed by atoms with Crippen LogP contribution < -0.4 is 5.32 Å². The molecule has 1 aromatic rings. The average Bonchev–Trinajstić information content (AvgIpc) is 2.67. The Hall–Kier alpha value is -0.610. The zero-order chi connectivity index (χ0) is 15.1. The Bertz CT molecular complexity index is 427. The molecule has 1 aliphatic rings. The van der Waals surface area contributed by atoms with Gasteiger partial charge in [0.25, 0.3) is 0 Å². The molecular formula is C17H27ClN2O. The van der Waals surface area contributed by atoms with Crippen LogP contribution in [0.4, 0.5) is 0 Å². The van der Waals surface area contributed by atoms with E-state index in [2.05, 4.69) is 36.2 Å². The van der Waals surface area contributed by atoms with E-state index in [0.29, 0.717) is 12.1 Å². The number of benzene rings is 1. The summed E-state index contributed by atoms with van der Waals surface area (Å²) < 4.78 is 5.71. The summed E-state index contributed by atoms with van der Waals surface area (Å²) in [6.07, 6.45) is 2.57. The molecule has 1 fully saturated rings. The van der Waals surface area contributed by atoms with Gasteiger partial charge in [0.15, 0.2) is 0 Å². The molecule has 1 aliphatic heterocycles. The van der Waals surface area contributed by atoms with Crippen LogP contribution in [0, 0.1) is 0 Å². The zero-order valence-electron chi connectivity index (χ0n) is 13.1. The summed E-state index contributed by atoms with van der Waals surface area (Å²) in [6.45, 7) is 9.45. The van der Waals surface area contributed by atoms with Crippen molar-refractivity contribution in [2.45, 2.75) is 38.8 Å². The van der Waals surface area contributed by atoms with Gasteiger partial charge in [-0.2, -0.15) is 0 Å². The van der Waals surface area contributed by atoms with Crippen molar-refractivity contribution < 1.29 is 4.74 Å². The van der Waals surface area contributed by atoms with Crippen molar-refractivity contribution in [2.24, 2.45) is 0 Å². The fourth-order valence-electron chi connectivity index (χ4n) is 2.95. The predicted molar refractivity (Wildman–Crippen MR) is 89.0 cm³/mol. The van der Waals surface area contributed by atoms with Crippen molar-refractivity contribution in [3.05, 3.63) is 34.9 Å². The summed E-state index contributed by atoms with van der Waals surface area (Å²) in [7, 11) is 0. The third kappa shape index (κ3) is 5.59. The number of hydrogen-bond acceptors (Lipinski definition) is 3. The highest BCUT2D eigenvalue weighted by atomic mass is 35.5. The molecule has 118 valence electrons. The molecule has 1 heterocycles. The Morgan fingerprint density at radius 1 is 1.48 bits per heavy atom. The van der Waals surface area contributed by atoms with Gasteiger partial charge in [-0.25, -0.2) is 0 Å². The van der Waals surface area contributed by atoms with Gasteiger partial charge in [-0.3, -0.25) is 0 Å². The molecule has 1 aromatic carbocycles. The summed E-state index contributed by atoms with van der Waals surface area (Å²) in [5.41, 5.74) is 1.28. The largest absolute Gasteiger partial charge is 0.377 e. The topological polar surface area (TPSA) is 24.5 Å². The molecule has 0 aliphatic carbocycles. The quantitative estimate of drug-likeness (QED) is 0.870. The average molecular weight is 311 g/mol. The molecule has 2 atom stereocenters. The van der Waals surface area contributed by atoms with E-state index in [1.165, 1.54) is 5.56 Å². The summed E-state index contributed by atoms with van der Waals surface area (Å²) in [6, 6.07) is 8.57. The Balaban J connectivity index is 1.93. The molecule has 4 heteroatoms. The van der Waals surface area contributed by atoms with E-state index in [9.17, 15) is 0 Å². The van der Waals surface area contributed by atoms with E-state index in [0.717, 1.165) is 50.7 Å². The number of rotatable bonds is 6. The number of ether oxygens (including phenoxy) is 1.